The minimum Gasteiger partial charge on any atom is -0.480 e. The first kappa shape index (κ1) is 15.5. The highest BCUT2D eigenvalue weighted by Gasteiger charge is 2.33. The van der Waals surface area contributed by atoms with Crippen LogP contribution in [-0.2, 0) is 11.3 Å². The Kier molecular flexibility index (Phi) is 4.65. The summed E-state index contributed by atoms with van der Waals surface area (Å²) in [4.78, 5) is 25.4. The molecule has 0 saturated carbocycles. The SMILES string of the molecule is Cc1c(C(=O)N2CCCC[C@@H]2C(=O)O)cnn1CC(C)C. The number of hydrogen-bond donors (Lipinski definition) is 1. The van der Waals surface area contributed by atoms with E-state index in [1.807, 2.05) is 11.6 Å². The van der Waals surface area contributed by atoms with E-state index in [9.17, 15) is 14.7 Å². The number of carbonyl (C=O) groups is 2. The molecule has 1 aromatic heterocycles. The average molecular weight is 293 g/mol. The molecule has 0 aromatic carbocycles. The highest BCUT2D eigenvalue weighted by atomic mass is 16.4. The minimum absolute atomic E-state index is 0.213. The van der Waals surface area contributed by atoms with Gasteiger partial charge in [-0.15, -0.1) is 0 Å². The molecule has 0 radical (unpaired) electrons. The van der Waals surface area contributed by atoms with Gasteiger partial charge in [-0.05, 0) is 32.1 Å². The third kappa shape index (κ3) is 3.25. The predicted molar refractivity (Wildman–Crippen MR) is 78.1 cm³/mol. The van der Waals surface area contributed by atoms with Crippen molar-refractivity contribution < 1.29 is 14.7 Å². The molecular formula is C15H23N3O3. The molecule has 2 heterocycles. The van der Waals surface area contributed by atoms with Crippen molar-refractivity contribution >= 4 is 11.9 Å². The number of aliphatic carboxylic acids is 1. The summed E-state index contributed by atoms with van der Waals surface area (Å²) in [6.07, 6.45) is 3.80. The molecular weight excluding hydrogens is 270 g/mol. The number of aromatic nitrogens is 2. The Labute approximate surface area is 124 Å². The molecule has 0 spiro atoms. The minimum atomic E-state index is -0.921. The monoisotopic (exact) mass is 293 g/mol. The van der Waals surface area contributed by atoms with Crippen LogP contribution in [0.2, 0.25) is 0 Å². The number of amides is 1. The van der Waals surface area contributed by atoms with Crippen molar-refractivity contribution in [3.8, 4) is 0 Å². The molecule has 1 aliphatic rings. The maximum atomic E-state index is 12.6. The lowest BCUT2D eigenvalue weighted by atomic mass is 10.0. The summed E-state index contributed by atoms with van der Waals surface area (Å²) in [5.41, 5.74) is 1.33. The molecule has 0 unspecified atom stereocenters. The summed E-state index contributed by atoms with van der Waals surface area (Å²) < 4.78 is 1.82. The van der Waals surface area contributed by atoms with Gasteiger partial charge in [-0.2, -0.15) is 5.10 Å². The second kappa shape index (κ2) is 6.28. The van der Waals surface area contributed by atoms with Crippen LogP contribution in [0.3, 0.4) is 0 Å². The van der Waals surface area contributed by atoms with Gasteiger partial charge >= 0.3 is 5.97 Å². The number of carboxylic acids is 1. The van der Waals surface area contributed by atoms with Gasteiger partial charge < -0.3 is 10.0 Å². The number of carbonyl (C=O) groups excluding carboxylic acids is 1. The van der Waals surface area contributed by atoms with E-state index in [0.717, 1.165) is 25.1 Å². The largest absolute Gasteiger partial charge is 0.480 e. The van der Waals surface area contributed by atoms with Crippen molar-refractivity contribution in [2.75, 3.05) is 6.54 Å². The Morgan fingerprint density at radius 3 is 2.76 bits per heavy atom. The fourth-order valence-electron chi connectivity index (χ4n) is 2.77. The molecule has 21 heavy (non-hydrogen) atoms. The lowest BCUT2D eigenvalue weighted by Crippen LogP contribution is -2.48. The zero-order chi connectivity index (χ0) is 15.6. The van der Waals surface area contributed by atoms with Crippen molar-refractivity contribution in [1.82, 2.24) is 14.7 Å². The van der Waals surface area contributed by atoms with Crippen LogP contribution >= 0.6 is 0 Å². The van der Waals surface area contributed by atoms with Gasteiger partial charge in [-0.25, -0.2) is 4.79 Å². The van der Waals surface area contributed by atoms with Gasteiger partial charge in [0.25, 0.3) is 5.91 Å². The van der Waals surface area contributed by atoms with Crippen molar-refractivity contribution in [3.63, 3.8) is 0 Å². The lowest BCUT2D eigenvalue weighted by Gasteiger charge is -2.32. The van der Waals surface area contributed by atoms with Gasteiger partial charge in [0.15, 0.2) is 0 Å². The van der Waals surface area contributed by atoms with Gasteiger partial charge in [-0.3, -0.25) is 9.48 Å². The summed E-state index contributed by atoms with van der Waals surface area (Å²) in [5.74, 6) is -0.696. The Balaban J connectivity index is 2.22. The first-order valence-electron chi connectivity index (χ1n) is 7.48. The van der Waals surface area contributed by atoms with E-state index in [4.69, 9.17) is 0 Å². The molecule has 1 atom stereocenters. The van der Waals surface area contributed by atoms with E-state index in [1.54, 1.807) is 6.20 Å². The van der Waals surface area contributed by atoms with Crippen LogP contribution in [0, 0.1) is 12.8 Å². The van der Waals surface area contributed by atoms with Gasteiger partial charge in [0.05, 0.1) is 11.8 Å². The van der Waals surface area contributed by atoms with E-state index < -0.39 is 12.0 Å². The van der Waals surface area contributed by atoms with Crippen LogP contribution in [0.25, 0.3) is 0 Å². The molecule has 1 amide bonds. The molecule has 1 fully saturated rings. The summed E-state index contributed by atoms with van der Waals surface area (Å²) in [6, 6.07) is -0.709. The Morgan fingerprint density at radius 1 is 1.43 bits per heavy atom. The molecule has 6 heteroatoms. The van der Waals surface area contributed by atoms with Gasteiger partial charge in [-0.1, -0.05) is 13.8 Å². The van der Waals surface area contributed by atoms with E-state index >= 15 is 0 Å². The summed E-state index contributed by atoms with van der Waals surface area (Å²) in [6.45, 7) is 7.30. The van der Waals surface area contributed by atoms with Gasteiger partial charge in [0.2, 0.25) is 0 Å². The smallest absolute Gasteiger partial charge is 0.326 e. The highest BCUT2D eigenvalue weighted by molar-refractivity contribution is 5.97. The van der Waals surface area contributed by atoms with Crippen LogP contribution in [0.4, 0.5) is 0 Å². The number of likely N-dealkylation sites (tertiary alicyclic amines) is 1. The molecule has 1 saturated heterocycles. The standard InChI is InChI=1S/C15H23N3O3/c1-10(2)9-18-11(3)12(8-16-18)14(19)17-7-5-4-6-13(17)15(20)21/h8,10,13H,4-7,9H2,1-3H3,(H,20,21)/t13-/m1/s1. The molecule has 0 aliphatic carbocycles. The fourth-order valence-corrected chi connectivity index (χ4v) is 2.77. The topological polar surface area (TPSA) is 75.4 Å². The van der Waals surface area contributed by atoms with E-state index in [2.05, 4.69) is 18.9 Å². The molecule has 1 aliphatic heterocycles. The Hall–Kier alpha value is -1.85. The van der Waals surface area contributed by atoms with Crippen LogP contribution in [0.1, 0.15) is 49.2 Å². The first-order valence-corrected chi connectivity index (χ1v) is 7.48. The van der Waals surface area contributed by atoms with Crippen LogP contribution in [0.15, 0.2) is 6.20 Å². The fraction of sp³-hybridized carbons (Fsp3) is 0.667. The number of rotatable bonds is 4. The zero-order valence-corrected chi connectivity index (χ0v) is 12.9. The van der Waals surface area contributed by atoms with Crippen molar-refractivity contribution in [1.29, 1.82) is 0 Å². The molecule has 2 rings (SSSR count). The molecule has 1 N–H and O–H groups in total. The quantitative estimate of drug-likeness (QED) is 0.920. The molecule has 116 valence electrons. The summed E-state index contributed by atoms with van der Waals surface area (Å²) >= 11 is 0. The predicted octanol–water partition coefficient (Wildman–Crippen LogP) is 1.93. The average Bonchev–Trinajstić information content (AvgIpc) is 2.79. The van der Waals surface area contributed by atoms with Crippen molar-refractivity contribution in [2.24, 2.45) is 5.92 Å². The molecule has 6 nitrogen and oxygen atoms in total. The second-order valence-corrected chi connectivity index (χ2v) is 6.07. The third-order valence-corrected chi connectivity index (χ3v) is 3.92. The van der Waals surface area contributed by atoms with E-state index in [0.29, 0.717) is 24.4 Å². The first-order chi connectivity index (χ1) is 9.91. The summed E-state index contributed by atoms with van der Waals surface area (Å²) in [5, 5.41) is 13.5. The van der Waals surface area contributed by atoms with Crippen LogP contribution in [0.5, 0.6) is 0 Å². The number of hydrogen-bond acceptors (Lipinski definition) is 3. The normalized spacial score (nSPS) is 19.0. The van der Waals surface area contributed by atoms with Crippen LogP contribution in [-0.4, -0.2) is 44.3 Å². The number of nitrogens with zero attached hydrogens (tertiary/aromatic N) is 3. The number of carboxylic acid groups (broad SMARTS) is 1. The van der Waals surface area contributed by atoms with Crippen LogP contribution < -0.4 is 0 Å². The van der Waals surface area contributed by atoms with Crippen molar-refractivity contribution in [2.45, 2.75) is 52.6 Å². The maximum Gasteiger partial charge on any atom is 0.326 e. The Bertz CT molecular complexity index is 536. The maximum absolute atomic E-state index is 12.6. The molecule has 0 bridgehead atoms. The highest BCUT2D eigenvalue weighted by Crippen LogP contribution is 2.21. The second-order valence-electron chi connectivity index (χ2n) is 6.07. The van der Waals surface area contributed by atoms with Gasteiger partial charge in [0, 0.05) is 18.8 Å². The number of piperidine rings is 1. The van der Waals surface area contributed by atoms with E-state index in [-0.39, 0.29) is 5.91 Å². The lowest BCUT2D eigenvalue weighted by molar-refractivity contribution is -0.143. The van der Waals surface area contributed by atoms with Crippen molar-refractivity contribution in [3.05, 3.63) is 17.5 Å². The van der Waals surface area contributed by atoms with Gasteiger partial charge in [0.1, 0.15) is 6.04 Å². The third-order valence-electron chi connectivity index (χ3n) is 3.92. The zero-order valence-electron chi connectivity index (χ0n) is 12.9. The Morgan fingerprint density at radius 2 is 2.14 bits per heavy atom. The summed E-state index contributed by atoms with van der Waals surface area (Å²) in [7, 11) is 0. The molecule has 1 aromatic rings. The van der Waals surface area contributed by atoms with E-state index in [1.165, 1.54) is 4.90 Å².